The van der Waals surface area contributed by atoms with Gasteiger partial charge in [0.1, 0.15) is 22.2 Å². The Kier molecular flexibility index (Phi) is 7.40. The van der Waals surface area contributed by atoms with Crippen molar-refractivity contribution in [2.75, 3.05) is 26.2 Å². The van der Waals surface area contributed by atoms with Crippen LogP contribution in [-0.2, 0) is 6.61 Å². The summed E-state index contributed by atoms with van der Waals surface area (Å²) < 4.78 is 5.75. The summed E-state index contributed by atoms with van der Waals surface area (Å²) in [5.74, 6) is 0.757. The maximum atomic E-state index is 12.3. The Morgan fingerprint density at radius 2 is 1.88 bits per heavy atom. The first kappa shape index (κ1) is 19.4. The van der Waals surface area contributed by atoms with Crippen LogP contribution in [0.4, 0.5) is 0 Å². The Bertz CT molecular complexity index is 678. The Labute approximate surface area is 154 Å². The normalized spacial score (nSPS) is 10.9. The number of likely N-dealkylation sites (N-methyl/N-ethyl adjacent to an activating group) is 1. The highest BCUT2D eigenvalue weighted by Crippen LogP contribution is 2.20. The van der Waals surface area contributed by atoms with Crippen molar-refractivity contribution < 1.29 is 9.53 Å². The molecule has 0 atom stereocenters. The van der Waals surface area contributed by atoms with Crippen LogP contribution in [-0.4, -0.2) is 42.0 Å². The Morgan fingerprint density at radius 1 is 1.20 bits per heavy atom. The van der Waals surface area contributed by atoms with E-state index in [1.54, 1.807) is 0 Å². The molecule has 25 heavy (non-hydrogen) atoms. The molecule has 1 aromatic heterocycles. The molecule has 1 heterocycles. The second-order valence-corrected chi connectivity index (χ2v) is 6.99. The number of ether oxygens (including phenoxy) is 1. The lowest BCUT2D eigenvalue weighted by Crippen LogP contribution is -2.34. The van der Waals surface area contributed by atoms with E-state index in [0.717, 1.165) is 36.1 Å². The van der Waals surface area contributed by atoms with Crippen LogP contribution in [0.1, 0.15) is 39.8 Å². The van der Waals surface area contributed by atoms with Crippen molar-refractivity contribution in [3.05, 3.63) is 45.4 Å². The summed E-state index contributed by atoms with van der Waals surface area (Å²) in [5.41, 5.74) is 1.95. The van der Waals surface area contributed by atoms with Crippen LogP contribution >= 0.6 is 11.3 Å². The molecule has 0 saturated heterocycles. The van der Waals surface area contributed by atoms with Crippen molar-refractivity contribution in [1.29, 1.82) is 0 Å². The van der Waals surface area contributed by atoms with Gasteiger partial charge in [0.2, 0.25) is 0 Å². The second kappa shape index (κ2) is 9.53. The molecule has 2 aromatic rings. The van der Waals surface area contributed by atoms with Gasteiger partial charge in [0, 0.05) is 13.1 Å². The first-order valence-corrected chi connectivity index (χ1v) is 9.51. The third-order valence-corrected chi connectivity index (χ3v) is 5.17. The van der Waals surface area contributed by atoms with Gasteiger partial charge in [0.25, 0.3) is 5.91 Å². The highest BCUT2D eigenvalue weighted by atomic mass is 32.1. The number of amides is 1. The smallest absolute Gasteiger partial charge is 0.263 e. The summed E-state index contributed by atoms with van der Waals surface area (Å²) >= 11 is 1.40. The molecule has 5 nitrogen and oxygen atoms in total. The molecule has 1 N–H and O–H groups in total. The predicted octanol–water partition coefficient (Wildman–Crippen LogP) is 3.41. The zero-order chi connectivity index (χ0) is 18.2. The molecule has 0 aliphatic rings. The highest BCUT2D eigenvalue weighted by molar-refractivity contribution is 7.13. The third-order valence-electron chi connectivity index (χ3n) is 4.04. The van der Waals surface area contributed by atoms with Gasteiger partial charge in [-0.3, -0.25) is 4.79 Å². The molecule has 0 aliphatic heterocycles. The lowest BCUT2D eigenvalue weighted by Gasteiger charge is -2.17. The van der Waals surface area contributed by atoms with Crippen LogP contribution in [0.25, 0.3) is 0 Å². The molecule has 1 aromatic carbocycles. The van der Waals surface area contributed by atoms with Gasteiger partial charge in [-0.1, -0.05) is 31.5 Å². The largest absolute Gasteiger partial charge is 0.486 e. The average molecular weight is 362 g/mol. The SMILES string of the molecule is CCN(CC)CCNC(=O)c1sc(COc2ccc(C)cc2)nc1C. The first-order chi connectivity index (χ1) is 12.0. The molecule has 0 saturated carbocycles. The molecule has 136 valence electrons. The fraction of sp³-hybridized carbons (Fsp3) is 0.474. The summed E-state index contributed by atoms with van der Waals surface area (Å²) in [7, 11) is 0. The predicted molar refractivity (Wildman–Crippen MR) is 102 cm³/mol. The minimum absolute atomic E-state index is 0.0521. The van der Waals surface area contributed by atoms with E-state index in [-0.39, 0.29) is 5.91 Å². The molecular weight excluding hydrogens is 334 g/mol. The molecule has 0 unspecified atom stereocenters. The third kappa shape index (κ3) is 5.83. The number of nitrogens with one attached hydrogen (secondary N) is 1. The van der Waals surface area contributed by atoms with E-state index in [1.165, 1.54) is 16.9 Å². The fourth-order valence-corrected chi connectivity index (χ4v) is 3.35. The van der Waals surface area contributed by atoms with Crippen LogP contribution < -0.4 is 10.1 Å². The van der Waals surface area contributed by atoms with Crippen molar-refractivity contribution in [2.24, 2.45) is 0 Å². The Morgan fingerprint density at radius 3 is 2.52 bits per heavy atom. The number of thiazole rings is 1. The number of hydrogen-bond donors (Lipinski definition) is 1. The minimum atomic E-state index is -0.0521. The Balaban J connectivity index is 1.88. The molecular formula is C19H27N3O2S. The van der Waals surface area contributed by atoms with Crippen molar-refractivity contribution in [1.82, 2.24) is 15.2 Å². The number of carbonyl (C=O) groups is 1. The zero-order valence-electron chi connectivity index (χ0n) is 15.5. The van der Waals surface area contributed by atoms with Crippen molar-refractivity contribution in [2.45, 2.75) is 34.3 Å². The van der Waals surface area contributed by atoms with E-state index in [1.807, 2.05) is 38.1 Å². The molecule has 2 rings (SSSR count). The van der Waals surface area contributed by atoms with Gasteiger partial charge in [0.05, 0.1) is 5.69 Å². The number of carbonyl (C=O) groups excluding carboxylic acids is 1. The van der Waals surface area contributed by atoms with E-state index in [0.29, 0.717) is 18.0 Å². The number of aromatic nitrogens is 1. The van der Waals surface area contributed by atoms with Crippen LogP contribution in [0.2, 0.25) is 0 Å². The molecule has 0 spiro atoms. The van der Waals surface area contributed by atoms with Crippen molar-refractivity contribution in [3.63, 3.8) is 0 Å². The van der Waals surface area contributed by atoms with Gasteiger partial charge in [-0.25, -0.2) is 4.98 Å². The van der Waals surface area contributed by atoms with Crippen LogP contribution in [0, 0.1) is 13.8 Å². The van der Waals surface area contributed by atoms with Gasteiger partial charge in [-0.15, -0.1) is 11.3 Å². The van der Waals surface area contributed by atoms with E-state index in [2.05, 4.69) is 29.0 Å². The van der Waals surface area contributed by atoms with Gasteiger partial charge >= 0.3 is 0 Å². The number of benzene rings is 1. The molecule has 0 aliphatic carbocycles. The van der Waals surface area contributed by atoms with Crippen molar-refractivity contribution >= 4 is 17.2 Å². The summed E-state index contributed by atoms with van der Waals surface area (Å²) in [6.45, 7) is 12.0. The topological polar surface area (TPSA) is 54.5 Å². The van der Waals surface area contributed by atoms with E-state index < -0.39 is 0 Å². The van der Waals surface area contributed by atoms with Crippen LogP contribution in [0.3, 0.4) is 0 Å². The highest BCUT2D eigenvalue weighted by Gasteiger charge is 2.15. The quantitative estimate of drug-likeness (QED) is 0.744. The number of nitrogens with zero attached hydrogens (tertiary/aromatic N) is 2. The molecule has 1 amide bonds. The summed E-state index contributed by atoms with van der Waals surface area (Å²) in [6.07, 6.45) is 0. The maximum Gasteiger partial charge on any atom is 0.263 e. The monoisotopic (exact) mass is 361 g/mol. The van der Waals surface area contributed by atoms with E-state index >= 15 is 0 Å². The van der Waals surface area contributed by atoms with Gasteiger partial charge in [-0.05, 0) is 39.1 Å². The Hall–Kier alpha value is -1.92. The zero-order valence-corrected chi connectivity index (χ0v) is 16.3. The molecule has 0 radical (unpaired) electrons. The molecule has 0 fully saturated rings. The van der Waals surface area contributed by atoms with Crippen molar-refractivity contribution in [3.8, 4) is 5.75 Å². The summed E-state index contributed by atoms with van der Waals surface area (Å²) in [5, 5.41) is 3.79. The first-order valence-electron chi connectivity index (χ1n) is 8.69. The second-order valence-electron chi connectivity index (χ2n) is 5.91. The summed E-state index contributed by atoms with van der Waals surface area (Å²) in [6, 6.07) is 7.90. The van der Waals surface area contributed by atoms with Gasteiger partial charge < -0.3 is 15.0 Å². The van der Waals surface area contributed by atoms with Crippen LogP contribution in [0.15, 0.2) is 24.3 Å². The van der Waals surface area contributed by atoms with Gasteiger partial charge in [-0.2, -0.15) is 0 Å². The lowest BCUT2D eigenvalue weighted by atomic mass is 10.2. The summed E-state index contributed by atoms with van der Waals surface area (Å²) in [4.78, 5) is 19.8. The number of aryl methyl sites for hydroxylation is 2. The molecule has 6 heteroatoms. The maximum absolute atomic E-state index is 12.3. The number of hydrogen-bond acceptors (Lipinski definition) is 5. The standard InChI is InChI=1S/C19H27N3O2S/c1-5-22(6-2)12-11-20-19(23)18-15(4)21-17(25-18)13-24-16-9-7-14(3)8-10-16/h7-10H,5-6,11-13H2,1-4H3,(H,20,23). The molecule has 0 bridgehead atoms. The van der Waals surface area contributed by atoms with Crippen LogP contribution in [0.5, 0.6) is 5.75 Å². The average Bonchev–Trinajstić information content (AvgIpc) is 2.99. The fourth-order valence-electron chi connectivity index (χ4n) is 2.45. The van der Waals surface area contributed by atoms with E-state index in [4.69, 9.17) is 4.74 Å². The number of rotatable bonds is 9. The van der Waals surface area contributed by atoms with Gasteiger partial charge in [0.15, 0.2) is 0 Å². The minimum Gasteiger partial charge on any atom is -0.486 e. The van der Waals surface area contributed by atoms with E-state index in [9.17, 15) is 4.79 Å². The lowest BCUT2D eigenvalue weighted by molar-refractivity contribution is 0.0952.